The molecule has 0 spiro atoms. The summed E-state index contributed by atoms with van der Waals surface area (Å²) < 4.78 is 0. The first kappa shape index (κ1) is 14.8. The quantitative estimate of drug-likeness (QED) is 0.823. The first-order valence-electron chi connectivity index (χ1n) is 6.65. The molecular formula is C16H20N2OS. The Labute approximate surface area is 124 Å². The molecule has 2 aromatic rings. The van der Waals surface area contributed by atoms with Gasteiger partial charge in [0.15, 0.2) is 0 Å². The molecule has 0 radical (unpaired) electrons. The van der Waals surface area contributed by atoms with Gasteiger partial charge in [-0.15, -0.1) is 11.8 Å². The molecule has 0 saturated heterocycles. The lowest BCUT2D eigenvalue weighted by Crippen LogP contribution is -2.14. The van der Waals surface area contributed by atoms with Crippen LogP contribution in [0.4, 0.5) is 11.4 Å². The molecule has 3 N–H and O–H groups in total. The summed E-state index contributed by atoms with van der Waals surface area (Å²) in [5.74, 6) is 1.30. The zero-order chi connectivity index (χ0) is 14.5. The van der Waals surface area contributed by atoms with E-state index in [1.165, 1.54) is 4.90 Å². The van der Waals surface area contributed by atoms with Crippen molar-refractivity contribution < 1.29 is 5.11 Å². The molecule has 0 atom stereocenters. The van der Waals surface area contributed by atoms with Crippen molar-refractivity contribution in [3.05, 3.63) is 48.0 Å². The van der Waals surface area contributed by atoms with Gasteiger partial charge in [-0.1, -0.05) is 13.0 Å². The molecule has 0 aromatic heterocycles. The summed E-state index contributed by atoms with van der Waals surface area (Å²) in [6, 6.07) is 13.4. The van der Waals surface area contributed by atoms with E-state index in [0.29, 0.717) is 6.54 Å². The molecule has 3 nitrogen and oxygen atoms in total. The first-order valence-corrected chi connectivity index (χ1v) is 7.63. The summed E-state index contributed by atoms with van der Waals surface area (Å²) >= 11 is 1.81. The van der Waals surface area contributed by atoms with Crippen LogP contribution in [-0.4, -0.2) is 17.9 Å². The number of rotatable bonds is 5. The van der Waals surface area contributed by atoms with E-state index >= 15 is 0 Å². The number of nitrogens with two attached hydrogens (primary N) is 1. The molecule has 2 rings (SSSR count). The van der Waals surface area contributed by atoms with Gasteiger partial charge in [0.2, 0.25) is 0 Å². The predicted octanol–water partition coefficient (Wildman–Crippen LogP) is 3.73. The van der Waals surface area contributed by atoms with Crippen molar-refractivity contribution in [3.63, 3.8) is 0 Å². The van der Waals surface area contributed by atoms with E-state index in [0.717, 1.165) is 22.7 Å². The van der Waals surface area contributed by atoms with Crippen molar-refractivity contribution in [1.29, 1.82) is 0 Å². The van der Waals surface area contributed by atoms with Gasteiger partial charge in [-0.05, 0) is 42.2 Å². The van der Waals surface area contributed by atoms with Crippen molar-refractivity contribution in [2.24, 2.45) is 5.73 Å². The van der Waals surface area contributed by atoms with Gasteiger partial charge in [-0.2, -0.15) is 0 Å². The van der Waals surface area contributed by atoms with Gasteiger partial charge < -0.3 is 15.7 Å². The Hall–Kier alpha value is -1.65. The predicted molar refractivity (Wildman–Crippen MR) is 86.9 cm³/mol. The largest absolute Gasteiger partial charge is 0.508 e. The fraction of sp³-hybridized carbons (Fsp3) is 0.250. The van der Waals surface area contributed by atoms with E-state index < -0.39 is 0 Å². The highest BCUT2D eigenvalue weighted by atomic mass is 32.2. The number of phenolic OH excluding ortho intramolecular Hbond substituents is 1. The normalized spacial score (nSPS) is 10.6. The topological polar surface area (TPSA) is 49.5 Å². The number of hydrogen-bond acceptors (Lipinski definition) is 4. The van der Waals surface area contributed by atoms with Crippen LogP contribution in [-0.2, 0) is 6.54 Å². The van der Waals surface area contributed by atoms with E-state index in [4.69, 9.17) is 5.73 Å². The molecule has 0 unspecified atom stereocenters. The van der Waals surface area contributed by atoms with Gasteiger partial charge in [0.05, 0.1) is 0 Å². The van der Waals surface area contributed by atoms with Crippen molar-refractivity contribution >= 4 is 23.1 Å². The molecule has 0 bridgehead atoms. The third-order valence-corrected chi connectivity index (χ3v) is 4.19. The van der Waals surface area contributed by atoms with Crippen LogP contribution in [0, 0.1) is 0 Å². The Morgan fingerprint density at radius 1 is 1.15 bits per heavy atom. The highest BCUT2D eigenvalue weighted by molar-refractivity contribution is 7.99. The Kier molecular flexibility index (Phi) is 4.93. The number of phenols is 1. The third-order valence-electron chi connectivity index (χ3n) is 3.21. The van der Waals surface area contributed by atoms with Crippen LogP contribution in [0.1, 0.15) is 12.5 Å². The second kappa shape index (κ2) is 6.68. The van der Waals surface area contributed by atoms with Gasteiger partial charge in [0.1, 0.15) is 5.75 Å². The summed E-state index contributed by atoms with van der Waals surface area (Å²) in [5.41, 5.74) is 9.24. The molecule has 0 aliphatic heterocycles. The number of anilines is 2. The van der Waals surface area contributed by atoms with Crippen LogP contribution in [0.5, 0.6) is 5.75 Å². The Bertz CT molecular complexity index is 569. The molecule has 0 aliphatic rings. The average Bonchev–Trinajstić information content (AvgIpc) is 2.47. The van der Waals surface area contributed by atoms with Crippen LogP contribution in [0.15, 0.2) is 47.4 Å². The molecule has 0 fully saturated rings. The minimum Gasteiger partial charge on any atom is -0.508 e. The van der Waals surface area contributed by atoms with Crippen LogP contribution in [0.3, 0.4) is 0 Å². The maximum Gasteiger partial charge on any atom is 0.115 e. The molecule has 0 amide bonds. The maximum atomic E-state index is 9.38. The van der Waals surface area contributed by atoms with E-state index in [1.807, 2.05) is 30.9 Å². The molecule has 4 heteroatoms. The zero-order valence-electron chi connectivity index (χ0n) is 11.8. The second-order valence-corrected chi connectivity index (χ2v) is 5.77. The molecule has 106 valence electrons. The average molecular weight is 288 g/mol. The highest BCUT2D eigenvalue weighted by Gasteiger charge is 2.12. The number of thioether (sulfide) groups is 1. The summed E-state index contributed by atoms with van der Waals surface area (Å²) in [6.45, 7) is 2.66. The van der Waals surface area contributed by atoms with Crippen molar-refractivity contribution in [3.8, 4) is 5.75 Å². The lowest BCUT2D eigenvalue weighted by molar-refractivity contribution is 0.475. The number of nitrogens with zero attached hydrogens (tertiary/aromatic N) is 1. The lowest BCUT2D eigenvalue weighted by Gasteiger charge is -2.24. The van der Waals surface area contributed by atoms with Gasteiger partial charge in [0.25, 0.3) is 0 Å². The third kappa shape index (κ3) is 3.08. The lowest BCUT2D eigenvalue weighted by atomic mass is 10.1. The Morgan fingerprint density at radius 3 is 2.45 bits per heavy atom. The van der Waals surface area contributed by atoms with Crippen LogP contribution >= 0.6 is 11.8 Å². The van der Waals surface area contributed by atoms with Crippen molar-refractivity contribution in [2.45, 2.75) is 18.4 Å². The van der Waals surface area contributed by atoms with Crippen LogP contribution < -0.4 is 10.6 Å². The molecule has 0 saturated carbocycles. The monoisotopic (exact) mass is 288 g/mol. The summed E-state index contributed by atoms with van der Waals surface area (Å²) in [5, 5.41) is 9.38. The summed E-state index contributed by atoms with van der Waals surface area (Å²) in [7, 11) is 2.02. The van der Waals surface area contributed by atoms with E-state index in [-0.39, 0.29) is 5.75 Å². The van der Waals surface area contributed by atoms with Gasteiger partial charge in [0, 0.05) is 35.4 Å². The van der Waals surface area contributed by atoms with Crippen molar-refractivity contribution in [1.82, 2.24) is 0 Å². The van der Waals surface area contributed by atoms with Crippen LogP contribution in [0.2, 0.25) is 0 Å². The molecular weight excluding hydrogens is 268 g/mol. The second-order valence-electron chi connectivity index (χ2n) is 4.47. The summed E-state index contributed by atoms with van der Waals surface area (Å²) in [4.78, 5) is 3.33. The van der Waals surface area contributed by atoms with Crippen LogP contribution in [0.25, 0.3) is 0 Å². The van der Waals surface area contributed by atoms with Crippen molar-refractivity contribution in [2.75, 3.05) is 17.7 Å². The SMILES string of the molecule is CCSc1cccc(N(C)c2ccc(O)cc2)c1CN. The van der Waals surface area contributed by atoms with Gasteiger partial charge in [-0.3, -0.25) is 0 Å². The minimum absolute atomic E-state index is 0.275. The molecule has 0 aliphatic carbocycles. The fourth-order valence-corrected chi connectivity index (χ4v) is 3.03. The molecule has 0 heterocycles. The van der Waals surface area contributed by atoms with E-state index in [9.17, 15) is 5.11 Å². The Morgan fingerprint density at radius 2 is 1.85 bits per heavy atom. The van der Waals surface area contributed by atoms with Gasteiger partial charge in [-0.25, -0.2) is 0 Å². The zero-order valence-corrected chi connectivity index (χ0v) is 12.7. The Balaban J connectivity index is 2.40. The number of hydrogen-bond donors (Lipinski definition) is 2. The van der Waals surface area contributed by atoms with Gasteiger partial charge >= 0.3 is 0 Å². The maximum absolute atomic E-state index is 9.38. The first-order chi connectivity index (χ1) is 9.67. The number of aromatic hydroxyl groups is 1. The van der Waals surface area contributed by atoms with E-state index in [2.05, 4.69) is 30.0 Å². The fourth-order valence-electron chi connectivity index (χ4n) is 2.18. The molecule has 2 aromatic carbocycles. The standard InChI is InChI=1S/C16H20N2OS/c1-3-20-16-6-4-5-15(14(16)11-17)18(2)12-7-9-13(19)10-8-12/h4-10,19H,3,11,17H2,1-2H3. The summed E-state index contributed by atoms with van der Waals surface area (Å²) in [6.07, 6.45) is 0. The highest BCUT2D eigenvalue weighted by Crippen LogP contribution is 2.33. The smallest absolute Gasteiger partial charge is 0.115 e. The number of benzene rings is 2. The van der Waals surface area contributed by atoms with E-state index in [1.54, 1.807) is 12.1 Å². The molecule has 20 heavy (non-hydrogen) atoms. The minimum atomic E-state index is 0.275.